The lowest BCUT2D eigenvalue weighted by molar-refractivity contribution is 0.477. The second kappa shape index (κ2) is 7.54. The zero-order chi connectivity index (χ0) is 15.3. The molecule has 20 heavy (non-hydrogen) atoms. The Balaban J connectivity index is 2.65. The van der Waals surface area contributed by atoms with Crippen LogP contribution in [0, 0.1) is 5.92 Å². The summed E-state index contributed by atoms with van der Waals surface area (Å²) in [6.45, 7) is 11.0. The van der Waals surface area contributed by atoms with E-state index < -0.39 is 10.0 Å². The summed E-state index contributed by atoms with van der Waals surface area (Å²) in [7, 11) is -3.38. The normalized spacial score (nSPS) is 14.2. The van der Waals surface area contributed by atoms with E-state index in [2.05, 4.69) is 23.9 Å². The van der Waals surface area contributed by atoms with Crippen molar-refractivity contribution in [2.75, 3.05) is 6.54 Å². The molecular formula is C14H26N2O2S2. The number of sulfonamides is 1. The molecule has 1 aromatic rings. The van der Waals surface area contributed by atoms with Crippen LogP contribution in [0.3, 0.4) is 0 Å². The van der Waals surface area contributed by atoms with Crippen LogP contribution in [0.1, 0.15) is 39.5 Å². The predicted octanol–water partition coefficient (Wildman–Crippen LogP) is 2.61. The maximum Gasteiger partial charge on any atom is 0.250 e. The average Bonchev–Trinajstić information content (AvgIpc) is 2.77. The highest BCUT2D eigenvalue weighted by molar-refractivity contribution is 7.91. The van der Waals surface area contributed by atoms with Crippen LogP contribution in [0.15, 0.2) is 16.3 Å². The minimum Gasteiger partial charge on any atom is -0.314 e. The maximum atomic E-state index is 12.2. The summed E-state index contributed by atoms with van der Waals surface area (Å²) in [5, 5.41) is 3.33. The molecule has 0 fully saturated rings. The minimum atomic E-state index is -3.38. The minimum absolute atomic E-state index is 0.0619. The molecule has 4 nitrogen and oxygen atoms in total. The summed E-state index contributed by atoms with van der Waals surface area (Å²) in [6, 6.07) is 3.99. The summed E-state index contributed by atoms with van der Waals surface area (Å²) < 4.78 is 27.6. The maximum absolute atomic E-state index is 12.2. The van der Waals surface area contributed by atoms with E-state index in [1.54, 1.807) is 6.07 Å². The third-order valence-electron chi connectivity index (χ3n) is 3.17. The highest BCUT2D eigenvalue weighted by Gasteiger charge is 2.20. The Morgan fingerprint density at radius 3 is 2.35 bits per heavy atom. The Bertz CT molecular complexity index is 507. The van der Waals surface area contributed by atoms with E-state index in [1.807, 2.05) is 26.8 Å². The van der Waals surface area contributed by atoms with Crippen molar-refractivity contribution < 1.29 is 8.42 Å². The highest BCUT2D eigenvalue weighted by Crippen LogP contribution is 2.22. The molecule has 6 heteroatoms. The van der Waals surface area contributed by atoms with E-state index in [4.69, 9.17) is 0 Å². The number of thiophene rings is 1. The molecule has 0 amide bonds. The van der Waals surface area contributed by atoms with Crippen LogP contribution in [0.5, 0.6) is 0 Å². The van der Waals surface area contributed by atoms with Gasteiger partial charge in [-0.2, -0.15) is 0 Å². The second-order valence-electron chi connectivity index (χ2n) is 5.73. The zero-order valence-electron chi connectivity index (χ0n) is 12.9. The Kier molecular flexibility index (Phi) is 6.64. The van der Waals surface area contributed by atoms with Crippen LogP contribution in [0.25, 0.3) is 0 Å². The van der Waals surface area contributed by atoms with E-state index in [9.17, 15) is 8.42 Å². The number of rotatable bonds is 8. The third-order valence-corrected chi connectivity index (χ3v) is 6.36. The van der Waals surface area contributed by atoms with E-state index in [1.165, 1.54) is 11.3 Å². The summed E-state index contributed by atoms with van der Waals surface area (Å²) in [5.74, 6) is 0.277. The monoisotopic (exact) mass is 318 g/mol. The molecule has 1 aromatic heterocycles. The van der Waals surface area contributed by atoms with Crippen molar-refractivity contribution in [2.45, 2.75) is 57.3 Å². The fraction of sp³-hybridized carbons (Fsp3) is 0.714. The lowest BCUT2D eigenvalue weighted by atomic mass is 10.1. The van der Waals surface area contributed by atoms with Crippen LogP contribution in [-0.4, -0.2) is 27.0 Å². The fourth-order valence-corrected chi connectivity index (χ4v) is 4.32. The van der Waals surface area contributed by atoms with Crippen molar-refractivity contribution in [3.05, 3.63) is 17.0 Å². The molecule has 0 aromatic carbocycles. The van der Waals surface area contributed by atoms with Gasteiger partial charge in [0.2, 0.25) is 10.0 Å². The largest absolute Gasteiger partial charge is 0.314 e. The van der Waals surface area contributed by atoms with Gasteiger partial charge in [0.1, 0.15) is 4.21 Å². The fourth-order valence-electron chi connectivity index (χ4n) is 1.56. The van der Waals surface area contributed by atoms with Crippen molar-refractivity contribution in [2.24, 2.45) is 5.92 Å². The Hall–Kier alpha value is -0.430. The summed E-state index contributed by atoms with van der Waals surface area (Å²) in [4.78, 5) is 1.09. The molecule has 116 valence electrons. The van der Waals surface area contributed by atoms with Gasteiger partial charge in [0.05, 0.1) is 0 Å². The topological polar surface area (TPSA) is 58.2 Å². The van der Waals surface area contributed by atoms with Gasteiger partial charge in [-0.25, -0.2) is 13.1 Å². The first kappa shape index (κ1) is 17.6. The van der Waals surface area contributed by atoms with E-state index >= 15 is 0 Å². The van der Waals surface area contributed by atoms with Gasteiger partial charge in [-0.15, -0.1) is 11.3 Å². The SMILES string of the molecule is CC(C)NCCc1ccc(S(=O)(=O)NC(C)C(C)C)s1. The quantitative estimate of drug-likeness (QED) is 0.774. The van der Waals surface area contributed by atoms with E-state index in [0.29, 0.717) is 10.3 Å². The van der Waals surface area contributed by atoms with Crippen LogP contribution < -0.4 is 10.0 Å². The number of hydrogen-bond acceptors (Lipinski definition) is 4. The average molecular weight is 319 g/mol. The molecular weight excluding hydrogens is 292 g/mol. The van der Waals surface area contributed by atoms with Crippen LogP contribution in [-0.2, 0) is 16.4 Å². The number of nitrogens with one attached hydrogen (secondary N) is 2. The summed E-state index contributed by atoms with van der Waals surface area (Å²) in [6.07, 6.45) is 0.859. The zero-order valence-corrected chi connectivity index (χ0v) is 14.6. The molecule has 1 unspecified atom stereocenters. The molecule has 0 saturated carbocycles. The van der Waals surface area contributed by atoms with E-state index in [0.717, 1.165) is 17.8 Å². The first-order chi connectivity index (χ1) is 9.22. The summed E-state index contributed by atoms with van der Waals surface area (Å²) >= 11 is 1.35. The van der Waals surface area contributed by atoms with Gasteiger partial charge in [0.25, 0.3) is 0 Å². The Morgan fingerprint density at radius 1 is 1.15 bits per heavy atom. The number of hydrogen-bond donors (Lipinski definition) is 2. The van der Waals surface area contributed by atoms with Gasteiger partial charge >= 0.3 is 0 Å². The van der Waals surface area contributed by atoms with Crippen molar-refractivity contribution in [3.63, 3.8) is 0 Å². The van der Waals surface area contributed by atoms with Gasteiger partial charge in [0, 0.05) is 23.5 Å². The molecule has 0 spiro atoms. The molecule has 0 aliphatic heterocycles. The van der Waals surface area contributed by atoms with Gasteiger partial charge in [-0.1, -0.05) is 27.7 Å². The van der Waals surface area contributed by atoms with Gasteiger partial charge in [0.15, 0.2) is 0 Å². The standard InChI is InChI=1S/C14H26N2O2S2/c1-10(2)12(5)16-20(17,18)14-7-6-13(19-14)8-9-15-11(3)4/h6-7,10-12,15-16H,8-9H2,1-5H3. The molecule has 2 N–H and O–H groups in total. The lowest BCUT2D eigenvalue weighted by Gasteiger charge is -2.16. The molecule has 0 bridgehead atoms. The van der Waals surface area contributed by atoms with Crippen LogP contribution in [0.4, 0.5) is 0 Å². The van der Waals surface area contributed by atoms with Gasteiger partial charge in [-0.05, 0) is 31.4 Å². The third kappa shape index (κ3) is 5.52. The van der Waals surface area contributed by atoms with Gasteiger partial charge < -0.3 is 5.32 Å². The molecule has 1 atom stereocenters. The summed E-state index contributed by atoms with van der Waals surface area (Å²) in [5.41, 5.74) is 0. The molecule has 1 rings (SSSR count). The first-order valence-electron chi connectivity index (χ1n) is 7.07. The Morgan fingerprint density at radius 2 is 1.80 bits per heavy atom. The van der Waals surface area contributed by atoms with Crippen molar-refractivity contribution in [1.29, 1.82) is 0 Å². The molecule has 0 aliphatic rings. The van der Waals surface area contributed by atoms with Crippen molar-refractivity contribution in [1.82, 2.24) is 10.0 Å². The highest BCUT2D eigenvalue weighted by atomic mass is 32.2. The van der Waals surface area contributed by atoms with E-state index in [-0.39, 0.29) is 12.0 Å². The van der Waals surface area contributed by atoms with Crippen LogP contribution >= 0.6 is 11.3 Å². The lowest BCUT2D eigenvalue weighted by Crippen LogP contribution is -2.35. The smallest absolute Gasteiger partial charge is 0.250 e. The molecule has 0 saturated heterocycles. The molecule has 0 radical (unpaired) electrons. The van der Waals surface area contributed by atoms with Crippen molar-refractivity contribution in [3.8, 4) is 0 Å². The predicted molar refractivity (Wildman–Crippen MR) is 85.8 cm³/mol. The van der Waals surface area contributed by atoms with Gasteiger partial charge in [-0.3, -0.25) is 0 Å². The Labute approximate surface area is 127 Å². The first-order valence-corrected chi connectivity index (χ1v) is 9.36. The second-order valence-corrected chi connectivity index (χ2v) is 8.84. The van der Waals surface area contributed by atoms with Crippen LogP contribution in [0.2, 0.25) is 0 Å². The van der Waals surface area contributed by atoms with Crippen molar-refractivity contribution >= 4 is 21.4 Å². The molecule has 0 aliphatic carbocycles. The molecule has 1 heterocycles.